The Morgan fingerprint density at radius 1 is 1.03 bits per heavy atom. The highest BCUT2D eigenvalue weighted by atomic mass is 16.5. The first-order valence-electron chi connectivity index (χ1n) is 11.4. The number of nitrogens with zero attached hydrogens (tertiary/aromatic N) is 6. The van der Waals surface area contributed by atoms with Crippen LogP contribution in [0.4, 0.5) is 5.69 Å². The molecular formula is C24H30N6O2. The van der Waals surface area contributed by atoms with Crippen LogP contribution in [0.3, 0.4) is 0 Å². The number of hydrogen-bond acceptors (Lipinski definition) is 7. The molecular weight excluding hydrogens is 404 g/mol. The van der Waals surface area contributed by atoms with E-state index >= 15 is 0 Å². The first-order valence-corrected chi connectivity index (χ1v) is 11.4. The van der Waals surface area contributed by atoms with Gasteiger partial charge in [0, 0.05) is 38.5 Å². The van der Waals surface area contributed by atoms with Crippen LogP contribution < -0.4 is 9.64 Å². The van der Waals surface area contributed by atoms with E-state index in [2.05, 4.69) is 67.8 Å². The maximum Gasteiger partial charge on any atom is 0.173 e. The lowest BCUT2D eigenvalue weighted by Crippen LogP contribution is -2.48. The molecule has 0 aliphatic carbocycles. The van der Waals surface area contributed by atoms with E-state index in [1.165, 1.54) is 11.3 Å². The van der Waals surface area contributed by atoms with Crippen LogP contribution in [-0.2, 0) is 11.3 Å². The molecule has 0 spiro atoms. The molecule has 0 unspecified atom stereocenters. The minimum absolute atomic E-state index is 0.0191. The summed E-state index contributed by atoms with van der Waals surface area (Å²) in [6.07, 6.45) is 2.37. The van der Waals surface area contributed by atoms with Gasteiger partial charge in [0.2, 0.25) is 0 Å². The van der Waals surface area contributed by atoms with E-state index in [0.29, 0.717) is 6.54 Å². The summed E-state index contributed by atoms with van der Waals surface area (Å²) in [7, 11) is 1.70. The Bertz CT molecular complexity index is 979. The molecule has 0 amide bonds. The van der Waals surface area contributed by atoms with Crippen molar-refractivity contribution in [2.75, 3.05) is 44.8 Å². The van der Waals surface area contributed by atoms with E-state index < -0.39 is 0 Å². The third kappa shape index (κ3) is 4.47. The molecule has 168 valence electrons. The highest BCUT2D eigenvalue weighted by molar-refractivity contribution is 5.49. The van der Waals surface area contributed by atoms with Gasteiger partial charge < -0.3 is 14.4 Å². The molecule has 2 saturated heterocycles. The third-order valence-corrected chi connectivity index (χ3v) is 6.44. The largest absolute Gasteiger partial charge is 0.497 e. The number of aromatic nitrogens is 4. The number of rotatable bonds is 7. The molecule has 8 heteroatoms. The Labute approximate surface area is 188 Å². The van der Waals surface area contributed by atoms with Gasteiger partial charge in [-0.2, -0.15) is 0 Å². The molecule has 1 aromatic heterocycles. The second-order valence-electron chi connectivity index (χ2n) is 8.39. The molecule has 2 aromatic carbocycles. The van der Waals surface area contributed by atoms with Crippen LogP contribution in [0, 0.1) is 0 Å². The van der Waals surface area contributed by atoms with Gasteiger partial charge in [-0.25, -0.2) is 4.68 Å². The van der Waals surface area contributed by atoms with Crippen LogP contribution in [0.15, 0.2) is 54.6 Å². The zero-order valence-corrected chi connectivity index (χ0v) is 18.5. The topological polar surface area (TPSA) is 68.5 Å². The van der Waals surface area contributed by atoms with E-state index in [1.54, 1.807) is 7.11 Å². The van der Waals surface area contributed by atoms with E-state index in [4.69, 9.17) is 9.47 Å². The number of hydrogen-bond donors (Lipinski definition) is 0. The second kappa shape index (κ2) is 9.67. The number of tetrazole rings is 1. The van der Waals surface area contributed by atoms with Crippen LogP contribution in [0.1, 0.15) is 30.3 Å². The number of methoxy groups -OCH3 is 1. The smallest absolute Gasteiger partial charge is 0.173 e. The normalized spacial score (nSPS) is 20.4. The van der Waals surface area contributed by atoms with E-state index in [1.807, 2.05) is 16.8 Å². The van der Waals surface area contributed by atoms with Crippen LogP contribution in [0.25, 0.3) is 0 Å². The number of benzene rings is 2. The molecule has 0 N–H and O–H groups in total. The Morgan fingerprint density at radius 3 is 2.50 bits per heavy atom. The first-order chi connectivity index (χ1) is 15.8. The SMILES string of the molecule is COc1ccc(N2CCN([C@@H](c3ccccc3)c3nnnn3C[C@@H]3CCCO3)CC2)cc1. The maximum atomic E-state index is 5.85. The quantitative estimate of drug-likeness (QED) is 0.566. The highest BCUT2D eigenvalue weighted by Gasteiger charge is 2.31. The molecule has 3 heterocycles. The molecule has 2 fully saturated rings. The zero-order chi connectivity index (χ0) is 21.8. The number of ether oxygens (including phenoxy) is 2. The fourth-order valence-corrected chi connectivity index (χ4v) is 4.71. The Hall–Kier alpha value is -2.97. The minimum Gasteiger partial charge on any atom is -0.497 e. The van der Waals surface area contributed by atoms with Crippen molar-refractivity contribution < 1.29 is 9.47 Å². The lowest BCUT2D eigenvalue weighted by molar-refractivity contribution is 0.0906. The van der Waals surface area contributed by atoms with Crippen molar-refractivity contribution in [3.8, 4) is 5.75 Å². The van der Waals surface area contributed by atoms with Gasteiger partial charge in [-0.05, 0) is 53.1 Å². The minimum atomic E-state index is 0.0191. The fourth-order valence-electron chi connectivity index (χ4n) is 4.71. The van der Waals surface area contributed by atoms with Gasteiger partial charge in [0.15, 0.2) is 5.82 Å². The summed E-state index contributed by atoms with van der Waals surface area (Å²) in [4.78, 5) is 4.92. The lowest BCUT2D eigenvalue weighted by atomic mass is 10.0. The molecule has 0 saturated carbocycles. The molecule has 3 aromatic rings. The average Bonchev–Trinajstić information content (AvgIpc) is 3.54. The Kier molecular flexibility index (Phi) is 6.31. The Balaban J connectivity index is 1.35. The third-order valence-electron chi connectivity index (χ3n) is 6.44. The van der Waals surface area contributed by atoms with Gasteiger partial charge in [0.25, 0.3) is 0 Å². The van der Waals surface area contributed by atoms with Gasteiger partial charge >= 0.3 is 0 Å². The maximum absolute atomic E-state index is 5.85. The second-order valence-corrected chi connectivity index (χ2v) is 8.39. The van der Waals surface area contributed by atoms with Crippen LogP contribution in [-0.4, -0.2) is 71.1 Å². The van der Waals surface area contributed by atoms with Crippen LogP contribution in [0.5, 0.6) is 5.75 Å². The van der Waals surface area contributed by atoms with Gasteiger partial charge in [-0.1, -0.05) is 30.3 Å². The monoisotopic (exact) mass is 434 g/mol. The molecule has 5 rings (SSSR count). The van der Waals surface area contributed by atoms with E-state index in [-0.39, 0.29) is 12.1 Å². The fraction of sp³-hybridized carbons (Fsp3) is 0.458. The molecule has 2 aliphatic rings. The van der Waals surface area contributed by atoms with Crippen molar-refractivity contribution >= 4 is 5.69 Å². The van der Waals surface area contributed by atoms with Crippen molar-refractivity contribution in [2.45, 2.75) is 31.5 Å². The summed E-state index contributed by atoms with van der Waals surface area (Å²) in [5.41, 5.74) is 2.44. The van der Waals surface area contributed by atoms with Crippen LogP contribution in [0.2, 0.25) is 0 Å². The molecule has 2 atom stereocenters. The molecule has 32 heavy (non-hydrogen) atoms. The summed E-state index contributed by atoms with van der Waals surface area (Å²) < 4.78 is 13.1. The van der Waals surface area contributed by atoms with Crippen molar-refractivity contribution in [3.63, 3.8) is 0 Å². The van der Waals surface area contributed by atoms with Gasteiger partial charge in [-0.15, -0.1) is 5.10 Å². The van der Waals surface area contributed by atoms with E-state index in [9.17, 15) is 0 Å². The van der Waals surface area contributed by atoms with Gasteiger partial charge in [0.1, 0.15) is 5.75 Å². The van der Waals surface area contributed by atoms with Crippen LogP contribution >= 0.6 is 0 Å². The summed E-state index contributed by atoms with van der Waals surface area (Å²) in [5.74, 6) is 1.78. The number of anilines is 1. The van der Waals surface area contributed by atoms with Crippen molar-refractivity contribution in [1.82, 2.24) is 25.1 Å². The zero-order valence-electron chi connectivity index (χ0n) is 18.5. The van der Waals surface area contributed by atoms with Crippen molar-refractivity contribution in [3.05, 3.63) is 66.0 Å². The van der Waals surface area contributed by atoms with E-state index in [0.717, 1.165) is 57.2 Å². The molecule has 2 aliphatic heterocycles. The highest BCUT2D eigenvalue weighted by Crippen LogP contribution is 2.30. The molecule has 0 bridgehead atoms. The van der Waals surface area contributed by atoms with Gasteiger partial charge in [-0.3, -0.25) is 4.90 Å². The molecule has 8 nitrogen and oxygen atoms in total. The summed E-state index contributed by atoms with van der Waals surface area (Å²) in [5, 5.41) is 12.9. The average molecular weight is 435 g/mol. The number of piperazine rings is 1. The summed E-state index contributed by atoms with van der Waals surface area (Å²) in [6.45, 7) is 5.29. The predicted octanol–water partition coefficient (Wildman–Crippen LogP) is 2.77. The predicted molar refractivity (Wildman–Crippen MR) is 122 cm³/mol. The van der Waals surface area contributed by atoms with Crippen molar-refractivity contribution in [2.24, 2.45) is 0 Å². The summed E-state index contributed by atoms with van der Waals surface area (Å²) >= 11 is 0. The summed E-state index contributed by atoms with van der Waals surface area (Å²) in [6, 6.07) is 18.9. The standard InChI is InChI=1S/C24H30N6O2/c1-31-21-11-9-20(10-12-21)28-13-15-29(16-14-28)23(19-6-3-2-4-7-19)24-25-26-27-30(24)18-22-8-5-17-32-22/h2-4,6-7,9-12,22-23H,5,8,13-18H2,1H3/t22-,23-/m0/s1. The van der Waals surface area contributed by atoms with Gasteiger partial charge in [0.05, 0.1) is 25.8 Å². The first kappa shape index (κ1) is 20.9. The lowest BCUT2D eigenvalue weighted by Gasteiger charge is -2.40. The molecule has 0 radical (unpaired) electrons. The Morgan fingerprint density at radius 2 is 1.81 bits per heavy atom. The van der Waals surface area contributed by atoms with Crippen molar-refractivity contribution in [1.29, 1.82) is 0 Å².